The third-order valence-corrected chi connectivity index (χ3v) is 4.75. The van der Waals surface area contributed by atoms with E-state index in [1.165, 1.54) is 11.1 Å². The lowest BCUT2D eigenvalue weighted by atomic mass is 10.1. The zero-order chi connectivity index (χ0) is 10.6. The largest absolute Gasteiger partial charge is 0.754 e. The Hall–Kier alpha value is -0.550. The van der Waals surface area contributed by atoms with Crippen molar-refractivity contribution in [1.82, 2.24) is 4.31 Å². The van der Waals surface area contributed by atoms with E-state index >= 15 is 0 Å². The minimum absolute atomic E-state index is 0.0510. The molecule has 0 aromatic heterocycles. The van der Waals surface area contributed by atoms with E-state index in [1.54, 1.807) is 11.4 Å². The zero-order valence-corrected chi connectivity index (χ0v) is 9.24. The van der Waals surface area contributed by atoms with Gasteiger partial charge in [-0.1, -0.05) is 24.3 Å². The molecular formula is C11H12NO2S-. The van der Waals surface area contributed by atoms with Gasteiger partial charge < -0.3 is 4.55 Å². The predicted molar refractivity (Wildman–Crippen MR) is 58.2 cm³/mol. The van der Waals surface area contributed by atoms with Gasteiger partial charge in [0.05, 0.1) is 12.3 Å². The van der Waals surface area contributed by atoms with Crippen LogP contribution in [0, 0.1) is 6.26 Å². The first kappa shape index (κ1) is 9.66. The molecule has 3 atom stereocenters. The Bertz CT molecular complexity index is 407. The zero-order valence-electron chi connectivity index (χ0n) is 8.42. The summed E-state index contributed by atoms with van der Waals surface area (Å²) in [6.45, 7) is 0. The van der Waals surface area contributed by atoms with Crippen LogP contribution in [0.5, 0.6) is 0 Å². The molecule has 1 unspecified atom stereocenters. The summed E-state index contributed by atoms with van der Waals surface area (Å²) in [5.74, 6) is 0. The molecule has 3 rings (SSSR count). The molecule has 1 saturated heterocycles. The van der Waals surface area contributed by atoms with Crippen LogP contribution in [-0.2, 0) is 10.6 Å². The van der Waals surface area contributed by atoms with Gasteiger partial charge in [-0.25, -0.2) is 4.31 Å². The van der Waals surface area contributed by atoms with Crippen molar-refractivity contribution < 1.29 is 8.74 Å². The van der Waals surface area contributed by atoms with Gasteiger partial charge in [-0.05, 0) is 11.1 Å². The highest BCUT2D eigenvalue weighted by atomic mass is 32.3. The molecule has 3 nitrogen and oxygen atoms in total. The van der Waals surface area contributed by atoms with Crippen molar-refractivity contribution in [3.05, 3.63) is 41.6 Å². The van der Waals surface area contributed by atoms with Gasteiger partial charge in [0, 0.05) is 13.5 Å². The van der Waals surface area contributed by atoms with Crippen molar-refractivity contribution in [1.29, 1.82) is 0 Å². The first-order valence-electron chi connectivity index (χ1n) is 4.90. The van der Waals surface area contributed by atoms with E-state index in [1.807, 2.05) is 12.1 Å². The molecule has 0 N–H and O–H groups in total. The van der Waals surface area contributed by atoms with Gasteiger partial charge in [0.2, 0.25) is 0 Å². The fourth-order valence-corrected chi connectivity index (χ4v) is 3.69. The lowest BCUT2D eigenvalue weighted by Gasteiger charge is -2.48. The van der Waals surface area contributed by atoms with Crippen molar-refractivity contribution in [2.75, 3.05) is 7.05 Å². The number of nitrogens with zero attached hydrogens (tertiary/aromatic N) is 1. The minimum atomic E-state index is -2.74. The van der Waals surface area contributed by atoms with Gasteiger partial charge in [0.25, 0.3) is 0 Å². The standard InChI is InChI=1S/C11H13NO2S/c1-12-11-9-6-4-3-5-8(9)7-10(11)14-15(12,2)13/h2-6,10-11,13H,7H2,1H3/p-1/t10-,11+/m0/s1. The molecule has 1 aliphatic heterocycles. The number of benzene rings is 1. The molecule has 1 fully saturated rings. The molecule has 4 heteroatoms. The Morgan fingerprint density at radius 2 is 2.27 bits per heavy atom. The summed E-state index contributed by atoms with van der Waals surface area (Å²) < 4.78 is 18.9. The van der Waals surface area contributed by atoms with Crippen molar-refractivity contribution in [2.24, 2.45) is 0 Å². The van der Waals surface area contributed by atoms with E-state index in [0.29, 0.717) is 0 Å². The lowest BCUT2D eigenvalue weighted by molar-refractivity contribution is 0.216. The number of rotatable bonds is 0. The van der Waals surface area contributed by atoms with Gasteiger partial charge in [-0.15, -0.1) is 0 Å². The Morgan fingerprint density at radius 1 is 1.53 bits per heavy atom. The van der Waals surface area contributed by atoms with Crippen LogP contribution >= 0.6 is 10.8 Å². The Balaban J connectivity index is 2.05. The summed E-state index contributed by atoms with van der Waals surface area (Å²) >= 11 is 0. The highest BCUT2D eigenvalue weighted by Crippen LogP contribution is 2.61. The van der Waals surface area contributed by atoms with E-state index < -0.39 is 10.8 Å². The summed E-state index contributed by atoms with van der Waals surface area (Å²) in [4.78, 5) is 0. The average Bonchev–Trinajstić information content (AvgIpc) is 2.62. The Labute approximate surface area is 91.5 Å². The summed E-state index contributed by atoms with van der Waals surface area (Å²) in [6, 6.07) is 8.20. The molecule has 15 heavy (non-hydrogen) atoms. The van der Waals surface area contributed by atoms with Crippen LogP contribution < -0.4 is 0 Å². The van der Waals surface area contributed by atoms with Gasteiger partial charge in [-0.3, -0.25) is 15.0 Å². The maximum Gasteiger partial charge on any atom is 0.105 e. The molecule has 2 aliphatic rings. The first-order valence-corrected chi connectivity index (χ1v) is 6.41. The predicted octanol–water partition coefficient (Wildman–Crippen LogP) is 2.05. The lowest BCUT2D eigenvalue weighted by Crippen LogP contribution is -2.20. The molecule has 1 aromatic carbocycles. The summed E-state index contributed by atoms with van der Waals surface area (Å²) in [5.41, 5.74) is 2.47. The smallest absolute Gasteiger partial charge is 0.105 e. The summed E-state index contributed by atoms with van der Waals surface area (Å²) in [6.07, 6.45) is 6.35. The van der Waals surface area contributed by atoms with E-state index in [0.717, 1.165) is 6.42 Å². The number of hydrogen-bond donors (Lipinski definition) is 0. The maximum atomic E-state index is 11.8. The van der Waals surface area contributed by atoms with Gasteiger partial charge in [0.1, 0.15) is 6.10 Å². The molecule has 1 aromatic rings. The highest BCUT2D eigenvalue weighted by Gasteiger charge is 2.44. The third-order valence-electron chi connectivity index (χ3n) is 3.20. The number of fused-ring (bicyclic) bond motifs is 3. The van der Waals surface area contributed by atoms with Crippen molar-refractivity contribution in [3.63, 3.8) is 0 Å². The molecule has 0 spiro atoms. The quantitative estimate of drug-likeness (QED) is 0.674. The van der Waals surface area contributed by atoms with Crippen LogP contribution in [-0.4, -0.2) is 22.0 Å². The van der Waals surface area contributed by atoms with E-state index in [4.69, 9.17) is 10.4 Å². The Morgan fingerprint density at radius 3 is 3.07 bits per heavy atom. The molecule has 1 heterocycles. The topological polar surface area (TPSA) is 35.5 Å². The summed E-state index contributed by atoms with van der Waals surface area (Å²) in [5, 5.41) is 0. The molecule has 1 aliphatic carbocycles. The van der Waals surface area contributed by atoms with Crippen LogP contribution in [0.4, 0.5) is 0 Å². The van der Waals surface area contributed by atoms with Crippen LogP contribution in [0.2, 0.25) is 0 Å². The fraction of sp³-hybridized carbons (Fsp3) is 0.364. The minimum Gasteiger partial charge on any atom is -0.754 e. The second-order valence-electron chi connectivity index (χ2n) is 4.04. The van der Waals surface area contributed by atoms with Crippen molar-refractivity contribution in [3.8, 4) is 0 Å². The van der Waals surface area contributed by atoms with E-state index in [9.17, 15) is 4.55 Å². The van der Waals surface area contributed by atoms with Crippen LogP contribution in [0.15, 0.2) is 24.3 Å². The fourth-order valence-electron chi connectivity index (χ4n) is 2.46. The monoisotopic (exact) mass is 222 g/mol. The van der Waals surface area contributed by atoms with Gasteiger partial charge in [0.15, 0.2) is 0 Å². The molecular weight excluding hydrogens is 210 g/mol. The maximum absolute atomic E-state index is 11.8. The molecule has 80 valence electrons. The third kappa shape index (κ3) is 1.26. The average molecular weight is 222 g/mol. The molecule has 2 radical (unpaired) electrons. The second kappa shape index (κ2) is 2.98. The normalized spacial score (nSPS) is 43.4. The number of likely N-dealkylation sites (N-methyl/N-ethyl adjacent to an activating group) is 1. The van der Waals surface area contributed by atoms with Crippen molar-refractivity contribution in [2.45, 2.75) is 18.6 Å². The molecule has 0 saturated carbocycles. The molecule has 0 bridgehead atoms. The van der Waals surface area contributed by atoms with Crippen LogP contribution in [0.3, 0.4) is 0 Å². The number of hydrogen-bond acceptors (Lipinski definition) is 3. The highest BCUT2D eigenvalue weighted by molar-refractivity contribution is 8.24. The van der Waals surface area contributed by atoms with Crippen molar-refractivity contribution >= 4 is 10.8 Å². The second-order valence-corrected chi connectivity index (χ2v) is 5.84. The summed E-state index contributed by atoms with van der Waals surface area (Å²) in [7, 11) is -0.985. The van der Waals surface area contributed by atoms with E-state index in [-0.39, 0.29) is 12.1 Å². The van der Waals surface area contributed by atoms with Gasteiger partial charge >= 0.3 is 0 Å². The van der Waals surface area contributed by atoms with Crippen LogP contribution in [0.25, 0.3) is 0 Å². The first-order chi connectivity index (χ1) is 7.09. The molecule has 0 amide bonds. The van der Waals surface area contributed by atoms with E-state index in [2.05, 4.69) is 12.1 Å². The van der Waals surface area contributed by atoms with Crippen LogP contribution in [0.1, 0.15) is 17.2 Å². The Kier molecular flexibility index (Phi) is 1.92. The SMILES string of the molecule is [CH]S1([O-])O[C@H]2Cc3ccccc3[C@H]2N1C. The van der Waals surface area contributed by atoms with Gasteiger partial charge in [-0.2, -0.15) is 0 Å².